The highest BCUT2D eigenvalue weighted by molar-refractivity contribution is 5.31. The van der Waals surface area contributed by atoms with Crippen molar-refractivity contribution in [2.24, 2.45) is 0 Å². The molecule has 0 radical (unpaired) electrons. The van der Waals surface area contributed by atoms with Crippen LogP contribution in [0.3, 0.4) is 0 Å². The van der Waals surface area contributed by atoms with E-state index in [-0.39, 0.29) is 12.0 Å². The first kappa shape index (κ1) is 12.5. The maximum atomic E-state index is 13.8. The lowest BCUT2D eigenvalue weighted by atomic mass is 9.93. The predicted molar refractivity (Wildman–Crippen MR) is 65.0 cm³/mol. The summed E-state index contributed by atoms with van der Waals surface area (Å²) in [7, 11) is 0. The van der Waals surface area contributed by atoms with Gasteiger partial charge in [-0.15, -0.1) is 0 Å². The fraction of sp³-hybridized carbons (Fsp3) is 0.571. The van der Waals surface area contributed by atoms with Crippen LogP contribution in [-0.2, 0) is 0 Å². The van der Waals surface area contributed by atoms with Gasteiger partial charge in [-0.05, 0) is 36.9 Å². The van der Waals surface area contributed by atoms with E-state index < -0.39 is 11.6 Å². The van der Waals surface area contributed by atoms with Crippen molar-refractivity contribution >= 4 is 0 Å². The first-order valence-electron chi connectivity index (χ1n) is 6.32. The van der Waals surface area contributed by atoms with Gasteiger partial charge in [0.1, 0.15) is 0 Å². The summed E-state index contributed by atoms with van der Waals surface area (Å²) in [5.74, 6) is -1.19. The summed E-state index contributed by atoms with van der Waals surface area (Å²) < 4.78 is 27.4. The summed E-state index contributed by atoms with van der Waals surface area (Å²) in [6.45, 7) is 4.87. The van der Waals surface area contributed by atoms with Crippen LogP contribution < -0.4 is 5.32 Å². The number of halogens is 2. The van der Waals surface area contributed by atoms with Crippen molar-refractivity contribution in [2.45, 2.75) is 45.1 Å². The van der Waals surface area contributed by atoms with E-state index in [2.05, 4.69) is 5.32 Å². The lowest BCUT2D eigenvalue weighted by molar-refractivity contribution is 0.390. The highest BCUT2D eigenvalue weighted by Crippen LogP contribution is 2.29. The normalized spacial score (nSPS) is 20.9. The van der Waals surface area contributed by atoms with E-state index in [0.29, 0.717) is 5.56 Å². The van der Waals surface area contributed by atoms with Crippen LogP contribution in [0.2, 0.25) is 0 Å². The van der Waals surface area contributed by atoms with Gasteiger partial charge < -0.3 is 5.32 Å². The predicted octanol–water partition coefficient (Wildman–Crippen LogP) is 3.90. The number of piperidine rings is 1. The largest absolute Gasteiger partial charge is 0.310 e. The minimum Gasteiger partial charge on any atom is -0.310 e. The summed E-state index contributed by atoms with van der Waals surface area (Å²) in [5, 5.41) is 3.26. The number of hydrogen-bond donors (Lipinski definition) is 1. The highest BCUT2D eigenvalue weighted by atomic mass is 19.2. The van der Waals surface area contributed by atoms with Crippen molar-refractivity contribution in [1.29, 1.82) is 0 Å². The molecule has 2 rings (SSSR count). The second kappa shape index (κ2) is 5.13. The Balaban J connectivity index is 2.36. The van der Waals surface area contributed by atoms with Gasteiger partial charge in [-0.1, -0.05) is 26.3 Å². The number of rotatable bonds is 2. The van der Waals surface area contributed by atoms with Crippen LogP contribution in [0.15, 0.2) is 12.1 Å². The maximum Gasteiger partial charge on any atom is 0.163 e. The van der Waals surface area contributed by atoms with Crippen LogP contribution in [0, 0.1) is 11.6 Å². The zero-order valence-electron chi connectivity index (χ0n) is 10.4. The van der Waals surface area contributed by atoms with Crippen molar-refractivity contribution in [3.05, 3.63) is 34.9 Å². The molecular formula is C14H19F2N. The van der Waals surface area contributed by atoms with Gasteiger partial charge in [0.25, 0.3) is 0 Å². The molecule has 0 aliphatic carbocycles. The van der Waals surface area contributed by atoms with Crippen LogP contribution in [0.4, 0.5) is 8.78 Å². The molecule has 1 nitrogen and oxygen atoms in total. The minimum atomic E-state index is -0.724. The van der Waals surface area contributed by atoms with E-state index in [4.69, 9.17) is 0 Å². The Morgan fingerprint density at radius 3 is 2.59 bits per heavy atom. The smallest absolute Gasteiger partial charge is 0.163 e. The number of hydrogen-bond acceptors (Lipinski definition) is 1. The molecule has 0 bridgehead atoms. The third-order valence-electron chi connectivity index (χ3n) is 3.43. The summed E-state index contributed by atoms with van der Waals surface area (Å²) in [4.78, 5) is 0. The van der Waals surface area contributed by atoms with Gasteiger partial charge in [-0.3, -0.25) is 0 Å². The van der Waals surface area contributed by atoms with Crippen LogP contribution in [-0.4, -0.2) is 6.54 Å². The van der Waals surface area contributed by atoms with Gasteiger partial charge in [0, 0.05) is 11.6 Å². The minimum absolute atomic E-state index is 0.0306. The quantitative estimate of drug-likeness (QED) is 0.825. The van der Waals surface area contributed by atoms with Crippen molar-refractivity contribution in [1.82, 2.24) is 5.32 Å². The molecule has 1 fully saturated rings. The van der Waals surface area contributed by atoms with E-state index in [1.807, 2.05) is 19.9 Å². The van der Waals surface area contributed by atoms with Crippen LogP contribution in [0.1, 0.15) is 56.2 Å². The molecule has 1 unspecified atom stereocenters. The summed E-state index contributed by atoms with van der Waals surface area (Å²) >= 11 is 0. The maximum absolute atomic E-state index is 13.8. The lowest BCUT2D eigenvalue weighted by Crippen LogP contribution is -2.28. The van der Waals surface area contributed by atoms with Crippen molar-refractivity contribution < 1.29 is 8.78 Å². The third kappa shape index (κ3) is 2.65. The molecule has 0 aromatic heterocycles. The first-order valence-corrected chi connectivity index (χ1v) is 6.32. The van der Waals surface area contributed by atoms with Gasteiger partial charge in [-0.25, -0.2) is 8.78 Å². The van der Waals surface area contributed by atoms with Crippen LogP contribution in [0.5, 0.6) is 0 Å². The van der Waals surface area contributed by atoms with Crippen molar-refractivity contribution in [2.75, 3.05) is 6.54 Å². The number of benzene rings is 1. The standard InChI is InChI=1S/C14H19F2N/c1-9(2)10-7-11(14(16)12(15)8-10)13-5-3-4-6-17-13/h7-9,13,17H,3-6H2,1-2H3. The summed E-state index contributed by atoms with van der Waals surface area (Å²) in [6.07, 6.45) is 3.08. The SMILES string of the molecule is CC(C)c1cc(F)c(F)c(C2CCCCN2)c1. The Morgan fingerprint density at radius 1 is 1.24 bits per heavy atom. The zero-order chi connectivity index (χ0) is 12.4. The average Bonchev–Trinajstić information content (AvgIpc) is 2.33. The molecule has 3 heteroatoms. The topological polar surface area (TPSA) is 12.0 Å². The zero-order valence-corrected chi connectivity index (χ0v) is 10.4. The van der Waals surface area contributed by atoms with E-state index in [9.17, 15) is 8.78 Å². The molecule has 1 aliphatic heterocycles. The molecule has 1 aliphatic rings. The van der Waals surface area contributed by atoms with Crippen LogP contribution in [0.25, 0.3) is 0 Å². The fourth-order valence-corrected chi connectivity index (χ4v) is 2.34. The van der Waals surface area contributed by atoms with Gasteiger partial charge in [0.2, 0.25) is 0 Å². The van der Waals surface area contributed by atoms with Crippen molar-refractivity contribution in [3.8, 4) is 0 Å². The molecule has 1 aromatic carbocycles. The summed E-state index contributed by atoms with van der Waals surface area (Å²) in [6, 6.07) is 3.09. The molecule has 1 heterocycles. The monoisotopic (exact) mass is 239 g/mol. The van der Waals surface area contributed by atoms with E-state index >= 15 is 0 Å². The van der Waals surface area contributed by atoms with E-state index in [0.717, 1.165) is 31.4 Å². The molecule has 94 valence electrons. The second-order valence-electron chi connectivity index (χ2n) is 5.06. The Hall–Kier alpha value is -0.960. The first-order chi connectivity index (χ1) is 8.09. The highest BCUT2D eigenvalue weighted by Gasteiger charge is 2.21. The molecule has 17 heavy (non-hydrogen) atoms. The van der Waals surface area contributed by atoms with Gasteiger partial charge in [0.05, 0.1) is 0 Å². The van der Waals surface area contributed by atoms with E-state index in [1.165, 1.54) is 6.07 Å². The average molecular weight is 239 g/mol. The molecule has 1 N–H and O–H groups in total. The molecule has 1 aromatic rings. The molecule has 1 saturated heterocycles. The van der Waals surface area contributed by atoms with Crippen LogP contribution >= 0.6 is 0 Å². The molecule has 0 spiro atoms. The Bertz CT molecular complexity index is 395. The Kier molecular flexibility index (Phi) is 3.77. The molecule has 0 amide bonds. The third-order valence-corrected chi connectivity index (χ3v) is 3.43. The fourth-order valence-electron chi connectivity index (χ4n) is 2.34. The van der Waals surface area contributed by atoms with Crippen molar-refractivity contribution in [3.63, 3.8) is 0 Å². The van der Waals surface area contributed by atoms with Gasteiger partial charge in [0.15, 0.2) is 11.6 Å². The molecule has 1 atom stereocenters. The lowest BCUT2D eigenvalue weighted by Gasteiger charge is -2.25. The molecule has 0 saturated carbocycles. The number of nitrogens with one attached hydrogen (secondary N) is 1. The Morgan fingerprint density at radius 2 is 2.00 bits per heavy atom. The summed E-state index contributed by atoms with van der Waals surface area (Å²) in [5.41, 5.74) is 1.36. The van der Waals surface area contributed by atoms with Gasteiger partial charge in [-0.2, -0.15) is 0 Å². The Labute approximate surface area is 101 Å². The van der Waals surface area contributed by atoms with Gasteiger partial charge >= 0.3 is 0 Å². The molecular weight excluding hydrogens is 220 g/mol. The second-order valence-corrected chi connectivity index (χ2v) is 5.06. The van der Waals surface area contributed by atoms with E-state index in [1.54, 1.807) is 0 Å².